The number of rotatable bonds is 6. The molecule has 5 rings (SSSR count). The van der Waals surface area contributed by atoms with E-state index >= 15 is 0 Å². The van der Waals surface area contributed by atoms with Gasteiger partial charge in [-0.3, -0.25) is 4.98 Å². The van der Waals surface area contributed by atoms with Crippen LogP contribution in [-0.4, -0.2) is 59.1 Å². The van der Waals surface area contributed by atoms with Gasteiger partial charge in [-0.2, -0.15) is 4.98 Å². The fraction of sp³-hybridized carbons (Fsp3) is 0.385. The van der Waals surface area contributed by atoms with Crippen LogP contribution in [-0.2, 0) is 0 Å². The summed E-state index contributed by atoms with van der Waals surface area (Å²) in [6.45, 7) is 7.14. The molecule has 4 atom stereocenters. The van der Waals surface area contributed by atoms with Crippen LogP contribution < -0.4 is 10.6 Å². The average molecular weight is 507 g/mol. The molecule has 0 unspecified atom stereocenters. The first-order chi connectivity index (χ1) is 17.1. The number of aromatic nitrogens is 4. The number of pyridine rings is 1. The van der Waals surface area contributed by atoms with Crippen molar-refractivity contribution in [3.05, 3.63) is 54.0 Å². The second kappa shape index (κ2) is 9.36. The van der Waals surface area contributed by atoms with E-state index in [0.717, 1.165) is 32.3 Å². The van der Waals surface area contributed by atoms with Crippen molar-refractivity contribution in [1.29, 1.82) is 0 Å². The fourth-order valence-corrected chi connectivity index (χ4v) is 5.76. The summed E-state index contributed by atoms with van der Waals surface area (Å²) in [4.78, 5) is 18.4. The zero-order valence-electron chi connectivity index (χ0n) is 20.6. The Morgan fingerprint density at radius 2 is 1.72 bits per heavy atom. The zero-order chi connectivity index (χ0) is 25.6. The third kappa shape index (κ3) is 4.90. The van der Waals surface area contributed by atoms with Gasteiger partial charge in [-0.15, -0.1) is 11.3 Å². The van der Waals surface area contributed by atoms with Gasteiger partial charge in [-0.1, -0.05) is 12.1 Å². The average Bonchev–Trinajstić information content (AvgIpc) is 3.35. The number of para-hydroxylation sites is 1. The van der Waals surface area contributed by atoms with Crippen molar-refractivity contribution in [3.8, 4) is 10.6 Å². The van der Waals surface area contributed by atoms with Crippen LogP contribution >= 0.6 is 11.3 Å². The highest BCUT2D eigenvalue weighted by Gasteiger charge is 2.47. The van der Waals surface area contributed by atoms with Gasteiger partial charge in [0.2, 0.25) is 5.95 Å². The molecule has 36 heavy (non-hydrogen) atoms. The van der Waals surface area contributed by atoms with E-state index in [1.54, 1.807) is 20.0 Å². The van der Waals surface area contributed by atoms with Gasteiger partial charge in [0.05, 0.1) is 33.5 Å². The van der Waals surface area contributed by atoms with Crippen LogP contribution in [0.2, 0.25) is 0 Å². The normalized spacial score (nSPS) is 22.2. The Kier molecular flexibility index (Phi) is 6.37. The van der Waals surface area contributed by atoms with Crippen molar-refractivity contribution in [3.63, 3.8) is 0 Å². The van der Waals surface area contributed by atoms with E-state index in [4.69, 9.17) is 9.97 Å². The lowest BCUT2D eigenvalue weighted by molar-refractivity contribution is -0.0601. The van der Waals surface area contributed by atoms with Crippen molar-refractivity contribution in [2.24, 2.45) is 5.92 Å². The highest BCUT2D eigenvalue weighted by molar-refractivity contribution is 7.21. The summed E-state index contributed by atoms with van der Waals surface area (Å²) in [5.74, 6) is 0.374. The first kappa shape index (κ1) is 24.5. The standard InChI is InChI=1S/C26H30N6O3S/c1-13-9-15(10-14(2)28-13)29-25-27-12-16(24-31-18-7-5-6-8-20(18)36-24)23(32-25)30-19-11-17(26(3,4)35)21(33)22(19)34/h5-10,12,17,19,21-22,33-35H,11H2,1-4H3,(H2,27,28,29,30,32)/t17-,19+,21+,22-/m0/s1. The molecule has 0 saturated heterocycles. The van der Waals surface area contributed by atoms with Crippen molar-refractivity contribution in [1.82, 2.24) is 19.9 Å². The number of thiazole rings is 1. The Labute approximate surface area is 213 Å². The lowest BCUT2D eigenvalue weighted by Crippen LogP contribution is -2.40. The molecule has 10 heteroatoms. The number of aryl methyl sites for hydroxylation is 2. The van der Waals surface area contributed by atoms with Crippen LogP contribution in [0.4, 0.5) is 17.5 Å². The third-order valence-corrected chi connectivity index (χ3v) is 7.63. The van der Waals surface area contributed by atoms with Crippen molar-refractivity contribution < 1.29 is 15.3 Å². The molecule has 1 aliphatic rings. The first-order valence-corrected chi connectivity index (χ1v) is 12.7. The molecule has 4 aromatic rings. The van der Waals surface area contributed by atoms with E-state index in [-0.39, 0.29) is 0 Å². The van der Waals surface area contributed by atoms with E-state index in [1.807, 2.05) is 50.2 Å². The van der Waals surface area contributed by atoms with Crippen LogP contribution in [0.3, 0.4) is 0 Å². The maximum absolute atomic E-state index is 10.8. The van der Waals surface area contributed by atoms with E-state index in [2.05, 4.69) is 20.6 Å². The molecule has 3 aromatic heterocycles. The molecule has 5 N–H and O–H groups in total. The molecule has 3 heterocycles. The van der Waals surface area contributed by atoms with Crippen LogP contribution in [0, 0.1) is 19.8 Å². The largest absolute Gasteiger partial charge is 0.390 e. The number of aliphatic hydroxyl groups excluding tert-OH is 2. The molecule has 1 aliphatic carbocycles. The van der Waals surface area contributed by atoms with Gasteiger partial charge >= 0.3 is 0 Å². The molecule has 188 valence electrons. The van der Waals surface area contributed by atoms with Gasteiger partial charge in [-0.05, 0) is 58.4 Å². The van der Waals surface area contributed by atoms with E-state index in [0.29, 0.717) is 23.8 Å². The molecule has 0 spiro atoms. The minimum atomic E-state index is -1.14. The van der Waals surface area contributed by atoms with Gasteiger partial charge in [0.15, 0.2) is 0 Å². The predicted molar refractivity (Wildman–Crippen MR) is 141 cm³/mol. The summed E-state index contributed by atoms with van der Waals surface area (Å²) < 4.78 is 1.04. The molecule has 9 nitrogen and oxygen atoms in total. The number of fused-ring (bicyclic) bond motifs is 1. The van der Waals surface area contributed by atoms with E-state index in [1.165, 1.54) is 11.3 Å². The molecule has 0 bridgehead atoms. The van der Waals surface area contributed by atoms with Crippen LogP contribution in [0.5, 0.6) is 0 Å². The summed E-state index contributed by atoms with van der Waals surface area (Å²) in [6.07, 6.45) is -0.0422. The lowest BCUT2D eigenvalue weighted by atomic mass is 9.88. The molecular weight excluding hydrogens is 476 g/mol. The fourth-order valence-electron chi connectivity index (χ4n) is 4.79. The summed E-state index contributed by atoms with van der Waals surface area (Å²) in [5, 5.41) is 39.2. The third-order valence-electron chi connectivity index (χ3n) is 6.56. The Bertz CT molecular complexity index is 1350. The zero-order valence-corrected chi connectivity index (χ0v) is 21.4. The number of benzene rings is 1. The molecule has 1 fully saturated rings. The van der Waals surface area contributed by atoms with Crippen LogP contribution in [0.15, 0.2) is 42.6 Å². The maximum Gasteiger partial charge on any atom is 0.229 e. The van der Waals surface area contributed by atoms with Crippen LogP contribution in [0.1, 0.15) is 31.7 Å². The number of hydrogen-bond donors (Lipinski definition) is 5. The molecule has 0 radical (unpaired) electrons. The number of hydrogen-bond acceptors (Lipinski definition) is 10. The monoisotopic (exact) mass is 506 g/mol. The molecule has 1 aromatic carbocycles. The minimum absolute atomic E-state index is 0.374. The number of anilines is 3. The Balaban J connectivity index is 1.52. The predicted octanol–water partition coefficient (Wildman–Crippen LogP) is 3.80. The highest BCUT2D eigenvalue weighted by atomic mass is 32.1. The van der Waals surface area contributed by atoms with Crippen molar-refractivity contribution >= 4 is 39.0 Å². The van der Waals surface area contributed by atoms with Crippen molar-refractivity contribution in [2.75, 3.05) is 10.6 Å². The quantitative estimate of drug-likeness (QED) is 0.264. The number of nitrogens with zero attached hydrogens (tertiary/aromatic N) is 4. The van der Waals surface area contributed by atoms with Gasteiger partial charge in [0, 0.05) is 29.2 Å². The molecule has 0 amide bonds. The van der Waals surface area contributed by atoms with Gasteiger partial charge in [-0.25, -0.2) is 9.97 Å². The minimum Gasteiger partial charge on any atom is -0.390 e. The SMILES string of the molecule is Cc1cc(Nc2ncc(-c3nc4ccccc4s3)c(N[C@@H]3C[C@H](C(C)(C)O)[C@@H](O)[C@H]3O)n2)cc(C)n1. The second-order valence-electron chi connectivity index (χ2n) is 9.93. The molecular formula is C26H30N6O3S. The molecule has 0 aliphatic heterocycles. The van der Waals surface area contributed by atoms with Crippen molar-refractivity contribution in [2.45, 2.75) is 58.0 Å². The molecule has 1 saturated carbocycles. The second-order valence-corrected chi connectivity index (χ2v) is 11.0. The topological polar surface area (TPSA) is 136 Å². The maximum atomic E-state index is 10.8. The first-order valence-electron chi connectivity index (χ1n) is 11.9. The van der Waals surface area contributed by atoms with E-state index in [9.17, 15) is 15.3 Å². The summed E-state index contributed by atoms with van der Waals surface area (Å²) >= 11 is 1.53. The smallest absolute Gasteiger partial charge is 0.229 e. The highest BCUT2D eigenvalue weighted by Crippen LogP contribution is 2.39. The Hall–Kier alpha value is -3.18. The lowest BCUT2D eigenvalue weighted by Gasteiger charge is -2.28. The van der Waals surface area contributed by atoms with Gasteiger partial charge in [0.25, 0.3) is 0 Å². The summed E-state index contributed by atoms with van der Waals surface area (Å²) in [5.41, 5.74) is 3.01. The summed E-state index contributed by atoms with van der Waals surface area (Å²) in [6, 6.07) is 11.2. The van der Waals surface area contributed by atoms with Crippen LogP contribution in [0.25, 0.3) is 20.8 Å². The number of aliphatic hydroxyl groups is 3. The Morgan fingerprint density at radius 1 is 1.00 bits per heavy atom. The van der Waals surface area contributed by atoms with Gasteiger partial charge < -0.3 is 26.0 Å². The Morgan fingerprint density at radius 3 is 2.39 bits per heavy atom. The summed E-state index contributed by atoms with van der Waals surface area (Å²) in [7, 11) is 0. The number of nitrogens with one attached hydrogen (secondary N) is 2. The van der Waals surface area contributed by atoms with Gasteiger partial charge in [0.1, 0.15) is 16.9 Å². The van der Waals surface area contributed by atoms with E-state index < -0.39 is 29.8 Å².